The molecule has 5 heteroatoms. The summed E-state index contributed by atoms with van der Waals surface area (Å²) in [6, 6.07) is 4.22. The smallest absolute Gasteiger partial charge is 0.399 e. The summed E-state index contributed by atoms with van der Waals surface area (Å²) < 4.78 is 14.3. The van der Waals surface area contributed by atoms with E-state index in [0.29, 0.717) is 0 Å². The number of imidazole rings is 1. The standard InChI is InChI=1S/C15H21BN2O2/c1-10-7-12-13(18(6)9-17-12)8-11(10)16-19-14(2,3)15(4,5)20-16/h7-9H,1-6H3. The van der Waals surface area contributed by atoms with Crippen molar-refractivity contribution in [3.8, 4) is 0 Å². The van der Waals surface area contributed by atoms with E-state index in [4.69, 9.17) is 9.31 Å². The van der Waals surface area contributed by atoms with Crippen molar-refractivity contribution in [2.45, 2.75) is 45.8 Å². The zero-order chi connectivity index (χ0) is 14.7. The normalized spacial score (nSPS) is 20.8. The lowest BCUT2D eigenvalue weighted by Crippen LogP contribution is -2.41. The molecule has 0 amide bonds. The van der Waals surface area contributed by atoms with Gasteiger partial charge in [0.25, 0.3) is 0 Å². The molecule has 20 heavy (non-hydrogen) atoms. The Morgan fingerprint density at radius 2 is 1.70 bits per heavy atom. The van der Waals surface area contributed by atoms with Gasteiger partial charge in [-0.15, -0.1) is 0 Å². The zero-order valence-electron chi connectivity index (χ0n) is 13.0. The summed E-state index contributed by atoms with van der Waals surface area (Å²) in [6.07, 6.45) is 1.83. The number of benzene rings is 1. The molecule has 0 radical (unpaired) electrons. The number of hydrogen-bond acceptors (Lipinski definition) is 3. The highest BCUT2D eigenvalue weighted by molar-refractivity contribution is 6.63. The van der Waals surface area contributed by atoms with Crippen molar-refractivity contribution in [1.29, 1.82) is 0 Å². The predicted molar refractivity (Wildman–Crippen MR) is 81.2 cm³/mol. The Bertz CT molecular complexity index is 660. The number of hydrogen-bond donors (Lipinski definition) is 0. The van der Waals surface area contributed by atoms with Crippen LogP contribution in [0, 0.1) is 6.92 Å². The van der Waals surface area contributed by atoms with Crippen LogP contribution in [-0.2, 0) is 16.4 Å². The Balaban J connectivity index is 2.07. The van der Waals surface area contributed by atoms with Crippen molar-refractivity contribution in [3.63, 3.8) is 0 Å². The molecular weight excluding hydrogens is 251 g/mol. The van der Waals surface area contributed by atoms with Crippen LogP contribution in [0.3, 0.4) is 0 Å². The minimum Gasteiger partial charge on any atom is -0.399 e. The summed E-state index contributed by atoms with van der Waals surface area (Å²) >= 11 is 0. The lowest BCUT2D eigenvalue weighted by molar-refractivity contribution is 0.00578. The molecule has 0 bridgehead atoms. The largest absolute Gasteiger partial charge is 0.495 e. The van der Waals surface area contributed by atoms with Crippen molar-refractivity contribution < 1.29 is 9.31 Å². The van der Waals surface area contributed by atoms with Gasteiger partial charge in [-0.3, -0.25) is 0 Å². The first-order valence-corrected chi connectivity index (χ1v) is 6.98. The number of aromatic nitrogens is 2. The summed E-state index contributed by atoms with van der Waals surface area (Å²) in [5, 5.41) is 0. The topological polar surface area (TPSA) is 36.3 Å². The molecule has 0 N–H and O–H groups in total. The van der Waals surface area contributed by atoms with Crippen LogP contribution in [-0.4, -0.2) is 27.9 Å². The Labute approximate surface area is 120 Å². The van der Waals surface area contributed by atoms with E-state index < -0.39 is 0 Å². The second-order valence-electron chi connectivity index (χ2n) is 6.64. The Morgan fingerprint density at radius 1 is 1.10 bits per heavy atom. The molecule has 1 aliphatic heterocycles. The van der Waals surface area contributed by atoms with Gasteiger partial charge in [0.15, 0.2) is 0 Å². The predicted octanol–water partition coefficient (Wildman–Crippen LogP) is 2.18. The molecule has 0 spiro atoms. The van der Waals surface area contributed by atoms with Gasteiger partial charge >= 0.3 is 7.12 Å². The lowest BCUT2D eigenvalue weighted by atomic mass is 9.76. The molecule has 1 aromatic heterocycles. The summed E-state index contributed by atoms with van der Waals surface area (Å²) in [4.78, 5) is 4.39. The van der Waals surface area contributed by atoms with Gasteiger partial charge in [-0.25, -0.2) is 4.98 Å². The van der Waals surface area contributed by atoms with Crippen LogP contribution >= 0.6 is 0 Å². The van der Waals surface area contributed by atoms with Crippen molar-refractivity contribution >= 4 is 23.6 Å². The van der Waals surface area contributed by atoms with Gasteiger partial charge < -0.3 is 13.9 Å². The third-order valence-electron chi connectivity index (χ3n) is 4.62. The first kappa shape index (κ1) is 13.6. The first-order valence-electron chi connectivity index (χ1n) is 6.98. The molecule has 1 aliphatic rings. The average molecular weight is 272 g/mol. The van der Waals surface area contributed by atoms with E-state index in [-0.39, 0.29) is 18.3 Å². The van der Waals surface area contributed by atoms with Gasteiger partial charge in [0.1, 0.15) is 0 Å². The third kappa shape index (κ3) is 1.88. The van der Waals surface area contributed by atoms with E-state index in [1.807, 2.05) is 17.9 Å². The van der Waals surface area contributed by atoms with Crippen LogP contribution in [0.1, 0.15) is 33.3 Å². The first-order chi connectivity index (χ1) is 9.21. The summed E-state index contributed by atoms with van der Waals surface area (Å²) in [5.41, 5.74) is 3.71. The fraction of sp³-hybridized carbons (Fsp3) is 0.533. The zero-order valence-corrected chi connectivity index (χ0v) is 13.0. The van der Waals surface area contributed by atoms with Crippen molar-refractivity contribution in [3.05, 3.63) is 24.0 Å². The summed E-state index contributed by atoms with van der Waals surface area (Å²) in [7, 11) is 1.68. The molecule has 4 nitrogen and oxygen atoms in total. The second kappa shape index (κ2) is 4.09. The fourth-order valence-corrected chi connectivity index (χ4v) is 2.52. The van der Waals surface area contributed by atoms with E-state index in [2.05, 4.69) is 51.7 Å². The minimum absolute atomic E-state index is 0.314. The molecule has 1 fully saturated rings. The van der Waals surface area contributed by atoms with Gasteiger partial charge in [-0.2, -0.15) is 0 Å². The van der Waals surface area contributed by atoms with E-state index in [1.165, 1.54) is 0 Å². The molecule has 0 aliphatic carbocycles. The maximum Gasteiger partial charge on any atom is 0.495 e. The molecule has 0 unspecified atom stereocenters. The Morgan fingerprint density at radius 3 is 2.30 bits per heavy atom. The minimum atomic E-state index is -0.320. The highest BCUT2D eigenvalue weighted by Gasteiger charge is 2.52. The van der Waals surface area contributed by atoms with Crippen LogP contribution in [0.15, 0.2) is 18.5 Å². The van der Waals surface area contributed by atoms with Crippen LogP contribution in [0.5, 0.6) is 0 Å². The van der Waals surface area contributed by atoms with Crippen molar-refractivity contribution in [2.24, 2.45) is 7.05 Å². The van der Waals surface area contributed by atoms with Gasteiger partial charge in [0.2, 0.25) is 0 Å². The number of nitrogens with zero attached hydrogens (tertiary/aromatic N) is 2. The van der Waals surface area contributed by atoms with Crippen molar-refractivity contribution in [2.75, 3.05) is 0 Å². The fourth-order valence-electron chi connectivity index (χ4n) is 2.52. The lowest BCUT2D eigenvalue weighted by Gasteiger charge is -2.32. The summed E-state index contributed by atoms with van der Waals surface area (Å²) in [6.45, 7) is 10.4. The van der Waals surface area contributed by atoms with Crippen LogP contribution in [0.25, 0.3) is 11.0 Å². The quantitative estimate of drug-likeness (QED) is 0.746. The maximum absolute atomic E-state index is 6.14. The van der Waals surface area contributed by atoms with Crippen molar-refractivity contribution in [1.82, 2.24) is 9.55 Å². The molecule has 0 atom stereocenters. The highest BCUT2D eigenvalue weighted by atomic mass is 16.7. The highest BCUT2D eigenvalue weighted by Crippen LogP contribution is 2.36. The van der Waals surface area contributed by atoms with Gasteiger partial charge in [-0.1, -0.05) is 0 Å². The number of aryl methyl sites for hydroxylation is 2. The molecule has 3 rings (SSSR count). The molecule has 0 saturated carbocycles. The van der Waals surface area contributed by atoms with Gasteiger partial charge in [-0.05, 0) is 57.8 Å². The van der Waals surface area contributed by atoms with Crippen LogP contribution in [0.4, 0.5) is 0 Å². The van der Waals surface area contributed by atoms with Gasteiger partial charge in [0, 0.05) is 7.05 Å². The molecule has 106 valence electrons. The van der Waals surface area contributed by atoms with E-state index in [9.17, 15) is 0 Å². The number of rotatable bonds is 1. The Kier molecular flexibility index (Phi) is 2.79. The van der Waals surface area contributed by atoms with E-state index in [1.54, 1.807) is 0 Å². The van der Waals surface area contributed by atoms with Crippen LogP contribution < -0.4 is 5.46 Å². The molecule has 2 aromatic rings. The summed E-state index contributed by atoms with van der Waals surface area (Å²) in [5.74, 6) is 0. The monoisotopic (exact) mass is 272 g/mol. The molecule has 2 heterocycles. The number of fused-ring (bicyclic) bond motifs is 1. The van der Waals surface area contributed by atoms with Gasteiger partial charge in [0.05, 0.1) is 28.6 Å². The molecular formula is C15H21BN2O2. The van der Waals surface area contributed by atoms with E-state index >= 15 is 0 Å². The molecule has 1 aromatic carbocycles. The Hall–Kier alpha value is -1.33. The van der Waals surface area contributed by atoms with E-state index in [0.717, 1.165) is 22.1 Å². The SMILES string of the molecule is Cc1cc2ncn(C)c2cc1B1OC(C)(C)C(C)(C)O1. The second-order valence-corrected chi connectivity index (χ2v) is 6.64. The molecule has 1 saturated heterocycles. The maximum atomic E-state index is 6.14. The van der Waals surface area contributed by atoms with Crippen LogP contribution in [0.2, 0.25) is 0 Å². The average Bonchev–Trinajstić information content (AvgIpc) is 2.77. The third-order valence-corrected chi connectivity index (χ3v) is 4.62.